The van der Waals surface area contributed by atoms with Crippen molar-refractivity contribution in [1.29, 1.82) is 5.26 Å². The number of nitrogen functional groups attached to an aromatic ring is 2. The summed E-state index contributed by atoms with van der Waals surface area (Å²) in [5.74, 6) is 0.130. The zero-order valence-corrected chi connectivity index (χ0v) is 15.3. The number of hydrogen-bond acceptors (Lipinski definition) is 7. The van der Waals surface area contributed by atoms with Gasteiger partial charge in [-0.15, -0.1) is 9.24 Å². The maximum absolute atomic E-state index is 9.12. The van der Waals surface area contributed by atoms with E-state index < -0.39 is 0 Å². The molecular weight excluding hydrogens is 359 g/mol. The summed E-state index contributed by atoms with van der Waals surface area (Å²) in [6.07, 6.45) is 4.83. The topological polar surface area (TPSA) is 132 Å². The summed E-state index contributed by atoms with van der Waals surface area (Å²) < 4.78 is 1.76. The van der Waals surface area contributed by atoms with Crippen LogP contribution in [0.25, 0.3) is 22.3 Å². The second kappa shape index (κ2) is 6.63. The Morgan fingerprint density at radius 2 is 1.96 bits per heavy atom. The quantitative estimate of drug-likeness (QED) is 0.410. The monoisotopic (exact) mass is 374 g/mol. The Balaban J connectivity index is 1.84. The van der Waals surface area contributed by atoms with Crippen molar-refractivity contribution in [3.8, 4) is 17.3 Å². The van der Waals surface area contributed by atoms with Crippen LogP contribution in [0.3, 0.4) is 0 Å². The number of rotatable bonds is 3. The Bertz CT molecular complexity index is 1210. The van der Waals surface area contributed by atoms with Crippen LogP contribution >= 0.6 is 9.24 Å². The van der Waals surface area contributed by atoms with E-state index >= 15 is 0 Å². The van der Waals surface area contributed by atoms with E-state index in [1.54, 1.807) is 23.1 Å². The Morgan fingerprint density at radius 1 is 1.11 bits per heavy atom. The highest BCUT2D eigenvalue weighted by atomic mass is 31.0. The van der Waals surface area contributed by atoms with Crippen molar-refractivity contribution in [2.45, 2.75) is 6.54 Å². The Hall–Kier alpha value is -3.56. The SMILES string of the molecule is N#Cc1cncc(-c2nc(N)nc3c2cnn3Cc2ccc(N)cc2P)c1. The summed E-state index contributed by atoms with van der Waals surface area (Å²) in [6, 6.07) is 9.49. The van der Waals surface area contributed by atoms with Crippen LogP contribution in [0.1, 0.15) is 11.1 Å². The second-order valence-electron chi connectivity index (χ2n) is 6.00. The Kier molecular flexibility index (Phi) is 4.15. The minimum absolute atomic E-state index is 0.130. The average Bonchev–Trinajstić information content (AvgIpc) is 3.06. The molecule has 4 N–H and O–H groups in total. The third-order valence-electron chi connectivity index (χ3n) is 4.14. The molecule has 1 unspecified atom stereocenters. The molecule has 3 aromatic heterocycles. The van der Waals surface area contributed by atoms with Crippen molar-refractivity contribution in [3.05, 3.63) is 54.0 Å². The predicted molar refractivity (Wildman–Crippen MR) is 107 cm³/mol. The molecule has 132 valence electrons. The van der Waals surface area contributed by atoms with Gasteiger partial charge in [-0.1, -0.05) is 6.07 Å². The molecule has 1 atom stereocenters. The lowest BCUT2D eigenvalue weighted by molar-refractivity contribution is 0.707. The van der Waals surface area contributed by atoms with Crippen LogP contribution in [0, 0.1) is 11.3 Å². The van der Waals surface area contributed by atoms with Gasteiger partial charge in [0.25, 0.3) is 0 Å². The van der Waals surface area contributed by atoms with Crippen molar-refractivity contribution in [3.63, 3.8) is 0 Å². The van der Waals surface area contributed by atoms with Gasteiger partial charge in [0.15, 0.2) is 5.65 Å². The van der Waals surface area contributed by atoms with Crippen molar-refractivity contribution >= 4 is 37.2 Å². The molecule has 8 nitrogen and oxygen atoms in total. The second-order valence-corrected chi connectivity index (χ2v) is 6.62. The first kappa shape index (κ1) is 16.9. The molecule has 3 heterocycles. The zero-order valence-electron chi connectivity index (χ0n) is 14.2. The first-order chi connectivity index (χ1) is 13.0. The van der Waals surface area contributed by atoms with Gasteiger partial charge in [0.05, 0.1) is 29.4 Å². The van der Waals surface area contributed by atoms with E-state index in [1.165, 1.54) is 6.20 Å². The molecule has 0 aliphatic rings. The highest BCUT2D eigenvalue weighted by Crippen LogP contribution is 2.27. The highest BCUT2D eigenvalue weighted by Gasteiger charge is 2.15. The number of aromatic nitrogens is 5. The van der Waals surface area contributed by atoms with Gasteiger partial charge in [-0.2, -0.15) is 15.3 Å². The maximum atomic E-state index is 9.12. The molecule has 0 saturated carbocycles. The van der Waals surface area contributed by atoms with E-state index in [4.69, 9.17) is 16.7 Å². The number of nitrogens with zero attached hydrogens (tertiary/aromatic N) is 6. The lowest BCUT2D eigenvalue weighted by atomic mass is 10.1. The summed E-state index contributed by atoms with van der Waals surface area (Å²) in [5.41, 5.74) is 15.8. The zero-order chi connectivity index (χ0) is 19.0. The van der Waals surface area contributed by atoms with Gasteiger partial charge in [-0.25, -0.2) is 9.67 Å². The summed E-state index contributed by atoms with van der Waals surface area (Å²) >= 11 is 0. The van der Waals surface area contributed by atoms with E-state index in [1.807, 2.05) is 18.2 Å². The van der Waals surface area contributed by atoms with Crippen LogP contribution in [0.5, 0.6) is 0 Å². The van der Waals surface area contributed by atoms with Crippen LogP contribution in [-0.2, 0) is 6.54 Å². The molecule has 0 amide bonds. The van der Waals surface area contributed by atoms with E-state index in [-0.39, 0.29) is 5.95 Å². The summed E-state index contributed by atoms with van der Waals surface area (Å²) in [7, 11) is 2.68. The molecule has 4 rings (SSSR count). The number of pyridine rings is 1. The first-order valence-corrected chi connectivity index (χ1v) is 8.61. The van der Waals surface area contributed by atoms with Gasteiger partial charge in [0, 0.05) is 23.6 Å². The molecule has 0 aliphatic heterocycles. The smallest absolute Gasteiger partial charge is 0.222 e. The molecule has 0 saturated heterocycles. The minimum atomic E-state index is 0.130. The van der Waals surface area contributed by atoms with E-state index in [0.29, 0.717) is 34.7 Å². The Labute approximate surface area is 157 Å². The van der Waals surface area contributed by atoms with Crippen molar-refractivity contribution in [2.75, 3.05) is 11.5 Å². The standard InChI is InChI=1S/C18H15N8P/c19-5-10-3-12(7-22-6-10)16-14-8-23-26(17(14)25-18(21)24-16)9-11-1-2-13(20)4-15(11)27/h1-4,6-8H,9,20,27H2,(H2,21,24,25). The highest BCUT2D eigenvalue weighted by molar-refractivity contribution is 7.27. The Morgan fingerprint density at radius 3 is 2.74 bits per heavy atom. The van der Waals surface area contributed by atoms with Crippen molar-refractivity contribution in [1.82, 2.24) is 24.7 Å². The van der Waals surface area contributed by atoms with E-state index in [0.717, 1.165) is 16.3 Å². The summed E-state index contributed by atoms with van der Waals surface area (Å²) in [4.78, 5) is 12.8. The lowest BCUT2D eigenvalue weighted by Crippen LogP contribution is -2.11. The molecule has 0 spiro atoms. The minimum Gasteiger partial charge on any atom is -0.399 e. The van der Waals surface area contributed by atoms with Gasteiger partial charge < -0.3 is 11.5 Å². The molecule has 0 aliphatic carbocycles. The molecule has 0 fully saturated rings. The van der Waals surface area contributed by atoms with Crippen LogP contribution in [0.15, 0.2) is 42.9 Å². The largest absolute Gasteiger partial charge is 0.399 e. The van der Waals surface area contributed by atoms with Crippen molar-refractivity contribution < 1.29 is 0 Å². The fourth-order valence-corrected chi connectivity index (χ4v) is 3.24. The third-order valence-corrected chi connectivity index (χ3v) is 4.68. The molecular formula is C18H15N8P. The molecule has 4 aromatic rings. The molecule has 0 bridgehead atoms. The van der Waals surface area contributed by atoms with Gasteiger partial charge in [-0.3, -0.25) is 4.98 Å². The summed E-state index contributed by atoms with van der Waals surface area (Å²) in [6.45, 7) is 0.509. The fourth-order valence-electron chi connectivity index (χ4n) is 2.86. The number of hydrogen-bond donors (Lipinski definition) is 2. The number of fused-ring (bicyclic) bond motifs is 1. The van der Waals surface area contributed by atoms with Gasteiger partial charge in [0.2, 0.25) is 5.95 Å². The number of nitriles is 1. The molecule has 0 radical (unpaired) electrons. The maximum Gasteiger partial charge on any atom is 0.222 e. The van der Waals surface area contributed by atoms with Crippen LogP contribution in [-0.4, -0.2) is 24.7 Å². The third kappa shape index (κ3) is 3.16. The van der Waals surface area contributed by atoms with Crippen LogP contribution in [0.2, 0.25) is 0 Å². The normalized spacial score (nSPS) is 10.8. The average molecular weight is 374 g/mol. The first-order valence-electron chi connectivity index (χ1n) is 8.03. The molecule has 27 heavy (non-hydrogen) atoms. The number of benzene rings is 1. The van der Waals surface area contributed by atoms with Gasteiger partial charge in [0.1, 0.15) is 6.07 Å². The lowest BCUT2D eigenvalue weighted by Gasteiger charge is -2.09. The predicted octanol–water partition coefficient (Wildman–Crippen LogP) is 1.47. The number of nitrogens with two attached hydrogens (primary N) is 2. The van der Waals surface area contributed by atoms with E-state index in [9.17, 15) is 0 Å². The van der Waals surface area contributed by atoms with Crippen molar-refractivity contribution in [2.24, 2.45) is 0 Å². The van der Waals surface area contributed by atoms with Crippen LogP contribution < -0.4 is 16.8 Å². The van der Waals surface area contributed by atoms with Gasteiger partial charge >= 0.3 is 0 Å². The number of anilines is 2. The van der Waals surface area contributed by atoms with Gasteiger partial charge in [-0.05, 0) is 29.1 Å². The van der Waals surface area contributed by atoms with Crippen LogP contribution in [0.4, 0.5) is 11.6 Å². The molecule has 9 heteroatoms. The summed E-state index contributed by atoms with van der Waals surface area (Å²) in [5, 5.41) is 15.3. The fraction of sp³-hybridized carbons (Fsp3) is 0.0556. The van der Waals surface area contributed by atoms with E-state index in [2.05, 4.69) is 35.4 Å². The molecule has 1 aromatic carbocycles.